The summed E-state index contributed by atoms with van der Waals surface area (Å²) in [7, 11) is 0. The molecule has 5 nitrogen and oxygen atoms in total. The van der Waals surface area contributed by atoms with Crippen LogP contribution in [0, 0.1) is 17.9 Å². The van der Waals surface area contributed by atoms with E-state index in [1.165, 1.54) is 10.5 Å². The Labute approximate surface area is 266 Å². The summed E-state index contributed by atoms with van der Waals surface area (Å²) in [6.07, 6.45) is 3.20. The van der Waals surface area contributed by atoms with Gasteiger partial charge in [-0.3, -0.25) is 4.98 Å². The minimum absolute atomic E-state index is 0. The minimum atomic E-state index is -1.72. The zero-order valence-electron chi connectivity index (χ0n) is 24.6. The maximum absolute atomic E-state index is 13.6. The van der Waals surface area contributed by atoms with Crippen molar-refractivity contribution in [3.8, 4) is 22.6 Å². The second-order valence-corrected chi connectivity index (χ2v) is 22.2. The number of fused-ring (bicyclic) bond motifs is 4. The molecule has 0 aliphatic carbocycles. The van der Waals surface area contributed by atoms with Crippen LogP contribution in [0.2, 0.25) is 17.3 Å². The third kappa shape index (κ3) is 6.21. The van der Waals surface area contributed by atoms with E-state index in [1.807, 2.05) is 60.8 Å². The van der Waals surface area contributed by atoms with Crippen LogP contribution < -0.4 is 4.40 Å². The van der Waals surface area contributed by atoms with Gasteiger partial charge in [-0.1, -0.05) is 23.1 Å². The van der Waals surface area contributed by atoms with Crippen molar-refractivity contribution in [2.24, 2.45) is 0 Å². The van der Waals surface area contributed by atoms with Crippen molar-refractivity contribution in [1.29, 1.82) is 0 Å². The smallest absolute Gasteiger partial charge is 0 e. The molecule has 0 N–H and O–H groups in total. The standard InChI is InChI=1S/C21H15FN3O.C14H16GeN.Ir/c1-12(2)25-18-9-4-3-8-17(18)24-20(25)15-7-5-6-14-16-10-13(22)11-23-21(16)26-19(14)15;1-15(2,3)13-9-10-14(16-11-13)12-7-5-4-6-8-12;/h3-6,8-12H,1-2H3;4-7,9-11H,1-3H3;/q2*-1;. The fourth-order valence-electron chi connectivity index (χ4n) is 5.06. The number of hydrogen-bond acceptors (Lipinski definition) is 4. The molecule has 4 aromatic heterocycles. The molecule has 43 heavy (non-hydrogen) atoms. The molecule has 0 aliphatic rings. The van der Waals surface area contributed by atoms with E-state index >= 15 is 0 Å². The topological polar surface area (TPSA) is 56.7 Å². The van der Waals surface area contributed by atoms with Crippen LogP contribution >= 0.6 is 0 Å². The Bertz CT molecular complexity index is 2010. The molecule has 0 saturated carbocycles. The van der Waals surface area contributed by atoms with Crippen molar-refractivity contribution in [2.45, 2.75) is 37.2 Å². The van der Waals surface area contributed by atoms with E-state index in [0.717, 1.165) is 45.3 Å². The Morgan fingerprint density at radius 1 is 0.860 bits per heavy atom. The molecule has 219 valence electrons. The number of nitrogens with zero attached hydrogens (tertiary/aromatic N) is 4. The van der Waals surface area contributed by atoms with Gasteiger partial charge in [0.15, 0.2) is 0 Å². The molecule has 1 radical (unpaired) electrons. The number of benzene rings is 3. The summed E-state index contributed by atoms with van der Waals surface area (Å²) in [6, 6.07) is 32.1. The van der Waals surface area contributed by atoms with Gasteiger partial charge in [0.25, 0.3) is 0 Å². The number of para-hydroxylation sites is 2. The van der Waals surface area contributed by atoms with E-state index in [2.05, 4.69) is 76.0 Å². The number of imidazole rings is 1. The van der Waals surface area contributed by atoms with Crippen LogP contribution in [-0.2, 0) is 20.1 Å². The van der Waals surface area contributed by atoms with Crippen LogP contribution in [0.1, 0.15) is 19.9 Å². The molecule has 3 aromatic carbocycles. The molecule has 0 amide bonds. The Morgan fingerprint density at radius 3 is 2.35 bits per heavy atom. The normalized spacial score (nSPS) is 11.5. The van der Waals surface area contributed by atoms with Gasteiger partial charge in [0.1, 0.15) is 5.82 Å². The third-order valence-corrected chi connectivity index (χ3v) is 11.5. The molecule has 0 saturated heterocycles. The molecule has 0 aliphatic heterocycles. The minimum Gasteiger partial charge on any atom is 0 e. The van der Waals surface area contributed by atoms with Crippen LogP contribution in [0.4, 0.5) is 4.39 Å². The zero-order valence-corrected chi connectivity index (χ0v) is 29.1. The van der Waals surface area contributed by atoms with Crippen molar-refractivity contribution in [3.63, 3.8) is 0 Å². The molecule has 0 bridgehead atoms. The third-order valence-electron chi connectivity index (χ3n) is 7.21. The van der Waals surface area contributed by atoms with Gasteiger partial charge in [-0.15, -0.1) is 18.2 Å². The van der Waals surface area contributed by atoms with E-state index in [9.17, 15) is 4.39 Å². The average molecular weight is 807 g/mol. The molecule has 4 heterocycles. The van der Waals surface area contributed by atoms with Crippen molar-refractivity contribution < 1.29 is 28.9 Å². The predicted octanol–water partition coefficient (Wildman–Crippen LogP) is 8.61. The summed E-state index contributed by atoms with van der Waals surface area (Å²) in [5.41, 5.74) is 5.84. The van der Waals surface area contributed by atoms with E-state index in [-0.39, 0.29) is 32.0 Å². The van der Waals surface area contributed by atoms with E-state index in [0.29, 0.717) is 16.7 Å². The first-order chi connectivity index (χ1) is 20.2. The fourth-order valence-corrected chi connectivity index (χ4v) is 7.23. The first-order valence-corrected chi connectivity index (χ1v) is 21.3. The summed E-state index contributed by atoms with van der Waals surface area (Å²) in [5, 5.41) is 1.46. The van der Waals surface area contributed by atoms with Crippen molar-refractivity contribution in [1.82, 2.24) is 19.5 Å². The van der Waals surface area contributed by atoms with Crippen molar-refractivity contribution in [2.75, 3.05) is 0 Å². The largest absolute Gasteiger partial charge is 0 e. The molecular formula is C35H31FGeIrN4O-2. The Balaban J connectivity index is 0.000000188. The molecule has 7 aromatic rings. The van der Waals surface area contributed by atoms with Crippen LogP contribution in [0.5, 0.6) is 0 Å². The van der Waals surface area contributed by atoms with E-state index in [1.54, 1.807) is 0 Å². The summed E-state index contributed by atoms with van der Waals surface area (Å²) in [4.78, 5) is 13.4. The molecule has 0 atom stereocenters. The van der Waals surface area contributed by atoms with Crippen LogP contribution in [-0.4, -0.2) is 32.8 Å². The second kappa shape index (κ2) is 12.5. The van der Waals surface area contributed by atoms with E-state index in [4.69, 9.17) is 9.40 Å². The Hall–Kier alpha value is -3.65. The average Bonchev–Trinajstić information content (AvgIpc) is 3.56. The molecular weight excluding hydrogens is 776 g/mol. The van der Waals surface area contributed by atoms with Gasteiger partial charge in [-0.05, 0) is 32.0 Å². The molecule has 0 unspecified atom stereocenters. The number of hydrogen-bond donors (Lipinski definition) is 0. The van der Waals surface area contributed by atoms with E-state index < -0.39 is 13.3 Å². The summed E-state index contributed by atoms with van der Waals surface area (Å²) >= 11 is -1.72. The number of furan rings is 1. The van der Waals surface area contributed by atoms with Crippen LogP contribution in [0.15, 0.2) is 95.7 Å². The number of rotatable bonds is 4. The number of halogens is 1. The van der Waals surface area contributed by atoms with Gasteiger partial charge < -0.3 is 8.98 Å². The van der Waals surface area contributed by atoms with Gasteiger partial charge in [0, 0.05) is 31.5 Å². The monoisotopic (exact) mass is 809 g/mol. The first-order valence-electron chi connectivity index (χ1n) is 14.0. The fraction of sp³-hybridized carbons (Fsp3) is 0.171. The van der Waals surface area contributed by atoms with Crippen molar-refractivity contribution >= 4 is 50.8 Å². The Morgan fingerprint density at radius 2 is 1.65 bits per heavy atom. The zero-order chi connectivity index (χ0) is 29.4. The van der Waals surface area contributed by atoms with Gasteiger partial charge in [0.05, 0.1) is 28.6 Å². The summed E-state index contributed by atoms with van der Waals surface area (Å²) < 4.78 is 23.2. The molecule has 7 rings (SSSR count). The molecule has 8 heteroatoms. The molecule has 0 spiro atoms. The van der Waals surface area contributed by atoms with Gasteiger partial charge in [-0.25, -0.2) is 9.37 Å². The Kier molecular flexibility index (Phi) is 8.97. The van der Waals surface area contributed by atoms with Gasteiger partial charge >= 0.3 is 99.8 Å². The van der Waals surface area contributed by atoms with Gasteiger partial charge in [-0.2, -0.15) is 0 Å². The number of pyridine rings is 2. The maximum Gasteiger partial charge on any atom is 0 e. The summed E-state index contributed by atoms with van der Waals surface area (Å²) in [5.74, 6) is 7.54. The summed E-state index contributed by atoms with van der Waals surface area (Å²) in [6.45, 7) is 4.24. The quantitative estimate of drug-likeness (QED) is 0.132. The van der Waals surface area contributed by atoms with Crippen molar-refractivity contribution in [3.05, 3.63) is 109 Å². The number of aromatic nitrogens is 4. The van der Waals surface area contributed by atoms with Gasteiger partial charge in [0.2, 0.25) is 5.71 Å². The van der Waals surface area contributed by atoms with Crippen LogP contribution in [0.3, 0.4) is 0 Å². The maximum atomic E-state index is 13.6. The predicted molar refractivity (Wildman–Crippen MR) is 171 cm³/mol. The SMILES string of the molecule is CC(C)n1c(-c2[c-]ccc3c2oc2ncc(F)cc23)nc2ccccc21.[CH3][Ge]([CH3])([CH3])[c]1ccc(-c2[c-]cccc2)nc1.[Ir]. The molecule has 0 fully saturated rings. The first kappa shape index (κ1) is 30.8. The second-order valence-electron chi connectivity index (χ2n) is 11.6. The van der Waals surface area contributed by atoms with Crippen LogP contribution in [0.25, 0.3) is 55.7 Å².